The average Bonchev–Trinajstić information content (AvgIpc) is 3.06. The first-order chi connectivity index (χ1) is 16.3. The lowest BCUT2D eigenvalue weighted by molar-refractivity contribution is -0.150. The SMILES string of the molecule is CCOC(=O)[C@H](C)N1C(=O)S/C(=C/c2cc(I)c(OCc3ccccc3F)c(OCC)c2)C1=O. The zero-order valence-corrected chi connectivity index (χ0v) is 21.8. The number of carbonyl (C=O) groups is 3. The summed E-state index contributed by atoms with van der Waals surface area (Å²) in [7, 11) is 0. The second-order valence-corrected chi connectivity index (χ2v) is 9.28. The maximum atomic E-state index is 14.0. The maximum absolute atomic E-state index is 14.0. The van der Waals surface area contributed by atoms with Crippen LogP contribution in [-0.4, -0.2) is 41.3 Å². The quantitative estimate of drug-likeness (QED) is 0.217. The maximum Gasteiger partial charge on any atom is 0.329 e. The van der Waals surface area contributed by atoms with Gasteiger partial charge in [0.25, 0.3) is 11.1 Å². The first-order valence-corrected chi connectivity index (χ1v) is 12.4. The second-order valence-electron chi connectivity index (χ2n) is 7.12. The third kappa shape index (κ3) is 5.90. The van der Waals surface area contributed by atoms with Gasteiger partial charge in [0, 0.05) is 5.56 Å². The number of thioether (sulfide) groups is 1. The molecule has 3 rings (SSSR count). The number of halogens is 2. The number of carbonyl (C=O) groups excluding carboxylic acids is 3. The molecule has 2 aromatic rings. The molecular weight excluding hydrogens is 576 g/mol. The third-order valence-electron chi connectivity index (χ3n) is 4.80. The van der Waals surface area contributed by atoms with Crippen LogP contribution < -0.4 is 9.47 Å². The topological polar surface area (TPSA) is 82.1 Å². The highest BCUT2D eigenvalue weighted by molar-refractivity contribution is 14.1. The Hall–Kier alpha value is -2.60. The molecule has 1 fully saturated rings. The van der Waals surface area contributed by atoms with E-state index in [0.29, 0.717) is 32.8 Å². The van der Waals surface area contributed by atoms with Crippen molar-refractivity contribution in [1.82, 2.24) is 4.90 Å². The Morgan fingerprint density at radius 1 is 1.18 bits per heavy atom. The van der Waals surface area contributed by atoms with Crippen molar-refractivity contribution in [2.45, 2.75) is 33.4 Å². The van der Waals surface area contributed by atoms with E-state index in [9.17, 15) is 18.8 Å². The lowest BCUT2D eigenvalue weighted by Crippen LogP contribution is -2.42. The highest BCUT2D eigenvalue weighted by Crippen LogP contribution is 2.38. The zero-order valence-electron chi connectivity index (χ0n) is 18.8. The molecule has 1 aliphatic heterocycles. The monoisotopic (exact) mass is 599 g/mol. The summed E-state index contributed by atoms with van der Waals surface area (Å²) in [4.78, 5) is 38.4. The molecule has 0 aromatic heterocycles. The Balaban J connectivity index is 1.86. The predicted octanol–water partition coefficient (Wildman–Crippen LogP) is 5.40. The second kappa shape index (κ2) is 11.7. The highest BCUT2D eigenvalue weighted by atomic mass is 127. The smallest absolute Gasteiger partial charge is 0.329 e. The van der Waals surface area contributed by atoms with Gasteiger partial charge in [0.2, 0.25) is 0 Å². The van der Waals surface area contributed by atoms with Crippen molar-refractivity contribution in [3.63, 3.8) is 0 Å². The molecular formula is C24H23FINO6S. The molecule has 180 valence electrons. The molecule has 0 aliphatic carbocycles. The zero-order chi connectivity index (χ0) is 24.8. The summed E-state index contributed by atoms with van der Waals surface area (Å²) >= 11 is 2.83. The van der Waals surface area contributed by atoms with Crippen LogP contribution in [0.4, 0.5) is 9.18 Å². The van der Waals surface area contributed by atoms with Crippen molar-refractivity contribution < 1.29 is 33.0 Å². The molecule has 0 bridgehead atoms. The van der Waals surface area contributed by atoms with Gasteiger partial charge in [0.1, 0.15) is 18.5 Å². The van der Waals surface area contributed by atoms with Gasteiger partial charge in [-0.1, -0.05) is 18.2 Å². The van der Waals surface area contributed by atoms with Crippen molar-refractivity contribution in [1.29, 1.82) is 0 Å². The standard InChI is InChI=1S/C24H23FINO6S/c1-4-31-19-11-15(10-18(26)21(19)33-13-16-8-6-7-9-17(16)25)12-20-22(28)27(24(30)34-20)14(3)23(29)32-5-2/h6-12,14H,4-5,13H2,1-3H3/b20-12+/t14-/m0/s1. The van der Waals surface area contributed by atoms with Gasteiger partial charge in [0.15, 0.2) is 11.5 Å². The number of amides is 2. The van der Waals surface area contributed by atoms with Gasteiger partial charge >= 0.3 is 5.97 Å². The predicted molar refractivity (Wildman–Crippen MR) is 135 cm³/mol. The molecule has 7 nitrogen and oxygen atoms in total. The fourth-order valence-electron chi connectivity index (χ4n) is 3.17. The van der Waals surface area contributed by atoms with E-state index >= 15 is 0 Å². The number of ether oxygens (including phenoxy) is 3. The summed E-state index contributed by atoms with van der Waals surface area (Å²) in [6, 6.07) is 8.78. The lowest BCUT2D eigenvalue weighted by atomic mass is 10.1. The molecule has 0 spiro atoms. The molecule has 1 heterocycles. The number of imide groups is 1. The van der Waals surface area contributed by atoms with Crippen molar-refractivity contribution in [2.24, 2.45) is 0 Å². The van der Waals surface area contributed by atoms with Gasteiger partial charge in [-0.25, -0.2) is 9.18 Å². The number of benzene rings is 2. The fraction of sp³-hybridized carbons (Fsp3) is 0.292. The molecule has 0 radical (unpaired) electrons. The molecule has 34 heavy (non-hydrogen) atoms. The Kier molecular flexibility index (Phi) is 8.95. The van der Waals surface area contributed by atoms with Crippen LogP contribution in [0, 0.1) is 9.39 Å². The third-order valence-corrected chi connectivity index (χ3v) is 6.48. The Labute approximate surface area is 214 Å². The summed E-state index contributed by atoms with van der Waals surface area (Å²) in [5.41, 5.74) is 1.02. The van der Waals surface area contributed by atoms with E-state index in [1.807, 2.05) is 6.92 Å². The van der Waals surface area contributed by atoms with Crippen LogP contribution in [-0.2, 0) is 20.9 Å². The average molecular weight is 599 g/mol. The molecule has 2 aromatic carbocycles. The van der Waals surface area contributed by atoms with Gasteiger partial charge in [-0.05, 0) is 85.0 Å². The normalized spacial score (nSPS) is 15.6. The molecule has 1 saturated heterocycles. The van der Waals surface area contributed by atoms with E-state index in [4.69, 9.17) is 14.2 Å². The Bertz CT molecular complexity index is 1140. The highest BCUT2D eigenvalue weighted by Gasteiger charge is 2.41. The summed E-state index contributed by atoms with van der Waals surface area (Å²) < 4.78 is 31.2. The van der Waals surface area contributed by atoms with E-state index in [1.54, 1.807) is 43.3 Å². The van der Waals surface area contributed by atoms with Gasteiger partial charge < -0.3 is 14.2 Å². The number of hydrogen-bond acceptors (Lipinski definition) is 7. The minimum absolute atomic E-state index is 0.0206. The van der Waals surface area contributed by atoms with Crippen LogP contribution in [0.5, 0.6) is 11.5 Å². The first-order valence-electron chi connectivity index (χ1n) is 10.5. The minimum Gasteiger partial charge on any atom is -0.490 e. The molecule has 1 atom stereocenters. The van der Waals surface area contributed by atoms with Crippen molar-refractivity contribution in [2.75, 3.05) is 13.2 Å². The summed E-state index contributed by atoms with van der Waals surface area (Å²) in [5.74, 6) is -0.693. The summed E-state index contributed by atoms with van der Waals surface area (Å²) in [5, 5.41) is -0.540. The van der Waals surface area contributed by atoms with E-state index in [-0.39, 0.29) is 23.9 Å². The molecule has 0 saturated carbocycles. The van der Waals surface area contributed by atoms with E-state index in [2.05, 4.69) is 22.6 Å². The van der Waals surface area contributed by atoms with Gasteiger partial charge in [-0.15, -0.1) is 0 Å². The summed E-state index contributed by atoms with van der Waals surface area (Å²) in [6.07, 6.45) is 1.56. The number of esters is 1. The lowest BCUT2D eigenvalue weighted by Gasteiger charge is -2.19. The number of rotatable bonds is 9. The van der Waals surface area contributed by atoms with Gasteiger partial charge in [-0.2, -0.15) is 0 Å². The van der Waals surface area contributed by atoms with E-state index in [0.717, 1.165) is 16.7 Å². The van der Waals surface area contributed by atoms with Crippen LogP contribution in [0.15, 0.2) is 41.3 Å². The van der Waals surface area contributed by atoms with Crippen LogP contribution in [0.25, 0.3) is 6.08 Å². The number of nitrogens with zero attached hydrogens (tertiary/aromatic N) is 1. The summed E-state index contributed by atoms with van der Waals surface area (Å²) in [6.45, 7) is 5.46. The minimum atomic E-state index is -1.02. The Morgan fingerprint density at radius 3 is 2.59 bits per heavy atom. The van der Waals surface area contributed by atoms with Crippen LogP contribution in [0.3, 0.4) is 0 Å². The number of hydrogen-bond donors (Lipinski definition) is 0. The van der Waals surface area contributed by atoms with Crippen molar-refractivity contribution in [3.05, 3.63) is 61.8 Å². The first kappa shape index (κ1) is 26.0. The van der Waals surface area contributed by atoms with E-state index in [1.165, 1.54) is 13.0 Å². The van der Waals surface area contributed by atoms with Crippen LogP contribution in [0.1, 0.15) is 31.9 Å². The van der Waals surface area contributed by atoms with Crippen molar-refractivity contribution >= 4 is 57.5 Å². The molecule has 1 aliphatic rings. The van der Waals surface area contributed by atoms with Crippen molar-refractivity contribution in [3.8, 4) is 11.5 Å². The fourth-order valence-corrected chi connectivity index (χ4v) is 4.86. The van der Waals surface area contributed by atoms with Gasteiger partial charge in [0.05, 0.1) is 21.7 Å². The van der Waals surface area contributed by atoms with Gasteiger partial charge in [-0.3, -0.25) is 14.5 Å². The molecule has 0 unspecified atom stereocenters. The van der Waals surface area contributed by atoms with Crippen LogP contribution in [0.2, 0.25) is 0 Å². The van der Waals surface area contributed by atoms with Crippen LogP contribution >= 0.6 is 34.4 Å². The van der Waals surface area contributed by atoms with E-state index < -0.39 is 23.2 Å². The Morgan fingerprint density at radius 2 is 1.91 bits per heavy atom. The molecule has 10 heteroatoms. The molecule has 0 N–H and O–H groups in total. The molecule has 2 amide bonds. The largest absolute Gasteiger partial charge is 0.490 e.